The Kier molecular flexibility index (Phi) is 5.84. The first kappa shape index (κ1) is 17.1. The van der Waals surface area contributed by atoms with E-state index in [4.69, 9.17) is 15.0 Å². The van der Waals surface area contributed by atoms with Crippen molar-refractivity contribution in [3.05, 3.63) is 47.6 Å². The van der Waals surface area contributed by atoms with Gasteiger partial charge in [0.05, 0.1) is 6.54 Å². The van der Waals surface area contributed by atoms with Gasteiger partial charge in [0.1, 0.15) is 6.10 Å². The Morgan fingerprint density at radius 1 is 1.39 bits per heavy atom. The average Bonchev–Trinajstić information content (AvgIpc) is 3.03. The molecule has 1 aromatic heterocycles. The minimum Gasteiger partial charge on any atom is -0.374 e. The zero-order valence-corrected chi connectivity index (χ0v) is 13.6. The summed E-state index contributed by atoms with van der Waals surface area (Å²) >= 11 is 0. The van der Waals surface area contributed by atoms with Gasteiger partial charge in [0, 0.05) is 26.6 Å². The second-order valence-electron chi connectivity index (χ2n) is 5.40. The topological polar surface area (TPSA) is 94.5 Å². The van der Waals surface area contributed by atoms with Gasteiger partial charge in [-0.3, -0.25) is 4.79 Å². The van der Waals surface area contributed by atoms with Crippen molar-refractivity contribution in [2.45, 2.75) is 32.0 Å². The van der Waals surface area contributed by atoms with Gasteiger partial charge < -0.3 is 19.9 Å². The normalized spacial score (nSPS) is 13.6. The lowest BCUT2D eigenvalue weighted by molar-refractivity contribution is -0.131. The third-order valence-electron chi connectivity index (χ3n) is 3.62. The lowest BCUT2D eigenvalue weighted by Crippen LogP contribution is -2.29. The van der Waals surface area contributed by atoms with Gasteiger partial charge in [-0.1, -0.05) is 35.5 Å². The first-order valence-electron chi connectivity index (χ1n) is 7.41. The average molecular weight is 318 g/mol. The van der Waals surface area contributed by atoms with Crippen molar-refractivity contribution < 1.29 is 14.1 Å². The molecule has 0 aliphatic carbocycles. The van der Waals surface area contributed by atoms with Crippen molar-refractivity contribution in [1.29, 1.82) is 0 Å². The molecule has 0 saturated carbocycles. The molecule has 0 radical (unpaired) electrons. The van der Waals surface area contributed by atoms with Crippen LogP contribution in [0.1, 0.15) is 42.8 Å². The van der Waals surface area contributed by atoms with Crippen LogP contribution in [0.3, 0.4) is 0 Å². The number of carbonyl (C=O) groups excluding carboxylic acids is 1. The lowest BCUT2D eigenvalue weighted by Gasteiger charge is -2.18. The molecule has 0 aliphatic rings. The molecule has 2 aromatic rings. The number of rotatable bonds is 7. The number of hydrogen-bond donors (Lipinski definition) is 1. The molecular weight excluding hydrogens is 296 g/mol. The quantitative estimate of drug-likeness (QED) is 0.837. The largest absolute Gasteiger partial charge is 0.374 e. The summed E-state index contributed by atoms with van der Waals surface area (Å²) in [6, 6.07) is 9.21. The van der Waals surface area contributed by atoms with Crippen LogP contribution >= 0.6 is 0 Å². The highest BCUT2D eigenvalue weighted by Crippen LogP contribution is 2.16. The Bertz CT molecular complexity index is 629. The van der Waals surface area contributed by atoms with Crippen molar-refractivity contribution in [2.75, 3.05) is 14.2 Å². The Labute approximate surface area is 135 Å². The third-order valence-corrected chi connectivity index (χ3v) is 3.62. The van der Waals surface area contributed by atoms with E-state index in [1.807, 2.05) is 37.3 Å². The van der Waals surface area contributed by atoms with Gasteiger partial charge in [-0.2, -0.15) is 4.98 Å². The molecule has 2 N–H and O–H groups in total. The summed E-state index contributed by atoms with van der Waals surface area (Å²) < 4.78 is 10.3. The summed E-state index contributed by atoms with van der Waals surface area (Å²) in [4.78, 5) is 18.0. The van der Waals surface area contributed by atoms with Crippen LogP contribution in [0.4, 0.5) is 0 Å². The molecule has 7 nitrogen and oxygen atoms in total. The summed E-state index contributed by atoms with van der Waals surface area (Å²) in [6.07, 6.45) is -0.0318. The van der Waals surface area contributed by atoms with Gasteiger partial charge in [0.25, 0.3) is 0 Å². The Morgan fingerprint density at radius 3 is 2.74 bits per heavy atom. The van der Waals surface area contributed by atoms with Crippen LogP contribution in [-0.2, 0) is 16.1 Å². The molecule has 0 spiro atoms. The molecule has 0 fully saturated rings. The van der Waals surface area contributed by atoms with E-state index in [-0.39, 0.29) is 31.0 Å². The predicted octanol–water partition coefficient (Wildman–Crippen LogP) is 1.83. The molecule has 1 amide bonds. The highest BCUT2D eigenvalue weighted by atomic mass is 16.5. The molecule has 0 saturated heterocycles. The Hall–Kier alpha value is -2.25. The number of hydrogen-bond acceptors (Lipinski definition) is 6. The maximum absolute atomic E-state index is 12.3. The minimum atomic E-state index is -0.335. The third kappa shape index (κ3) is 4.61. The van der Waals surface area contributed by atoms with Gasteiger partial charge in [-0.15, -0.1) is 0 Å². The van der Waals surface area contributed by atoms with E-state index in [1.165, 1.54) is 4.90 Å². The van der Waals surface area contributed by atoms with Gasteiger partial charge in [0.2, 0.25) is 11.8 Å². The summed E-state index contributed by atoms with van der Waals surface area (Å²) in [5, 5.41) is 3.83. The number of aromatic nitrogens is 2. The molecule has 0 bridgehead atoms. The monoisotopic (exact) mass is 318 g/mol. The van der Waals surface area contributed by atoms with E-state index in [1.54, 1.807) is 14.2 Å². The highest BCUT2D eigenvalue weighted by Gasteiger charge is 2.19. The second kappa shape index (κ2) is 7.85. The standard InChI is InChI=1S/C16H22N4O3/c1-11(22-3)16-18-14(23-19-16)10-20(2)15(21)9-13(17)12-7-5-4-6-8-12/h4-8,11,13H,9-10,17H2,1-3H3. The molecule has 0 aliphatic heterocycles. The Morgan fingerprint density at radius 2 is 2.09 bits per heavy atom. The predicted molar refractivity (Wildman–Crippen MR) is 84.2 cm³/mol. The zero-order chi connectivity index (χ0) is 16.8. The molecule has 2 unspecified atom stereocenters. The number of carbonyl (C=O) groups is 1. The van der Waals surface area contributed by atoms with E-state index < -0.39 is 0 Å². The van der Waals surface area contributed by atoms with E-state index in [9.17, 15) is 4.79 Å². The van der Waals surface area contributed by atoms with E-state index in [2.05, 4.69) is 10.1 Å². The molecule has 23 heavy (non-hydrogen) atoms. The fourth-order valence-electron chi connectivity index (χ4n) is 2.06. The van der Waals surface area contributed by atoms with Gasteiger partial charge in [-0.05, 0) is 12.5 Å². The van der Waals surface area contributed by atoms with E-state index >= 15 is 0 Å². The molecule has 124 valence electrons. The number of nitrogens with two attached hydrogens (primary N) is 1. The first-order chi connectivity index (χ1) is 11.0. The van der Waals surface area contributed by atoms with Crippen LogP contribution in [0.15, 0.2) is 34.9 Å². The minimum absolute atomic E-state index is 0.0825. The molecule has 1 aromatic carbocycles. The lowest BCUT2D eigenvalue weighted by atomic mass is 10.0. The van der Waals surface area contributed by atoms with Gasteiger partial charge in [-0.25, -0.2) is 0 Å². The fourth-order valence-corrected chi connectivity index (χ4v) is 2.06. The summed E-state index contributed by atoms with van der Waals surface area (Å²) in [5.74, 6) is 0.748. The fraction of sp³-hybridized carbons (Fsp3) is 0.438. The summed E-state index contributed by atoms with van der Waals surface area (Å²) in [5.41, 5.74) is 7.01. The first-order valence-corrected chi connectivity index (χ1v) is 7.41. The van der Waals surface area contributed by atoms with Crippen LogP contribution in [0.25, 0.3) is 0 Å². The SMILES string of the molecule is COC(C)c1noc(CN(C)C(=O)CC(N)c2ccccc2)n1. The van der Waals surface area contributed by atoms with Crippen molar-refractivity contribution in [2.24, 2.45) is 5.73 Å². The molecule has 2 rings (SSSR count). The van der Waals surface area contributed by atoms with Crippen LogP contribution < -0.4 is 5.73 Å². The van der Waals surface area contributed by atoms with Crippen LogP contribution in [0.2, 0.25) is 0 Å². The smallest absolute Gasteiger partial charge is 0.246 e. The van der Waals surface area contributed by atoms with Crippen LogP contribution in [-0.4, -0.2) is 35.1 Å². The van der Waals surface area contributed by atoms with Crippen LogP contribution in [0, 0.1) is 0 Å². The van der Waals surface area contributed by atoms with E-state index in [0.717, 1.165) is 5.56 Å². The maximum Gasteiger partial charge on any atom is 0.246 e. The van der Waals surface area contributed by atoms with Gasteiger partial charge >= 0.3 is 0 Å². The second-order valence-corrected chi connectivity index (χ2v) is 5.40. The molecule has 7 heteroatoms. The number of methoxy groups -OCH3 is 1. The highest BCUT2D eigenvalue weighted by molar-refractivity contribution is 5.76. The molecular formula is C16H22N4O3. The number of amides is 1. The number of nitrogens with zero attached hydrogens (tertiary/aromatic N) is 3. The van der Waals surface area contributed by atoms with Crippen molar-refractivity contribution in [1.82, 2.24) is 15.0 Å². The number of ether oxygens (including phenoxy) is 1. The van der Waals surface area contributed by atoms with E-state index in [0.29, 0.717) is 11.7 Å². The summed E-state index contributed by atoms with van der Waals surface area (Å²) in [7, 11) is 3.25. The Balaban J connectivity index is 1.91. The summed E-state index contributed by atoms with van der Waals surface area (Å²) in [6.45, 7) is 2.06. The van der Waals surface area contributed by atoms with Crippen molar-refractivity contribution in [3.63, 3.8) is 0 Å². The van der Waals surface area contributed by atoms with Crippen LogP contribution in [0.5, 0.6) is 0 Å². The van der Waals surface area contributed by atoms with Crippen molar-refractivity contribution in [3.8, 4) is 0 Å². The molecule has 1 heterocycles. The molecule has 2 atom stereocenters. The number of benzene rings is 1. The zero-order valence-electron chi connectivity index (χ0n) is 13.6. The van der Waals surface area contributed by atoms with Crippen molar-refractivity contribution >= 4 is 5.91 Å². The maximum atomic E-state index is 12.3. The van der Waals surface area contributed by atoms with Gasteiger partial charge in [0.15, 0.2) is 5.82 Å².